The molecule has 1 atom stereocenters. The summed E-state index contributed by atoms with van der Waals surface area (Å²) >= 11 is 0. The Morgan fingerprint density at radius 2 is 2.11 bits per heavy atom. The number of amides is 1. The molecule has 98 valence electrons. The molecular formula is C14H15N3O2. The fourth-order valence-corrected chi connectivity index (χ4v) is 1.61. The van der Waals surface area contributed by atoms with Gasteiger partial charge in [-0.25, -0.2) is 4.98 Å². The van der Waals surface area contributed by atoms with Gasteiger partial charge >= 0.3 is 0 Å². The van der Waals surface area contributed by atoms with Crippen molar-refractivity contribution in [1.29, 1.82) is 0 Å². The van der Waals surface area contributed by atoms with Gasteiger partial charge in [0.2, 0.25) is 0 Å². The molecule has 2 aromatic heterocycles. The van der Waals surface area contributed by atoms with E-state index in [2.05, 4.69) is 9.97 Å². The largest absolute Gasteiger partial charge is 0.479 e. The first kappa shape index (κ1) is 13.0. The molecule has 0 saturated carbocycles. The minimum absolute atomic E-state index is 0.164. The maximum absolute atomic E-state index is 12.2. The molecule has 0 aliphatic rings. The predicted octanol–water partition coefficient (Wildman–Crippen LogP) is 1.91. The molecule has 0 N–H and O–H groups in total. The minimum Gasteiger partial charge on any atom is -0.479 e. The molecule has 0 radical (unpaired) electrons. The summed E-state index contributed by atoms with van der Waals surface area (Å²) in [5, 5.41) is 0. The Hall–Kier alpha value is -2.43. The van der Waals surface area contributed by atoms with E-state index < -0.39 is 6.10 Å². The van der Waals surface area contributed by atoms with E-state index in [1.54, 1.807) is 56.8 Å². The third-order valence-corrected chi connectivity index (χ3v) is 2.62. The van der Waals surface area contributed by atoms with Crippen LogP contribution in [0.25, 0.3) is 0 Å². The normalized spacial score (nSPS) is 11.7. The summed E-state index contributed by atoms with van der Waals surface area (Å²) in [4.78, 5) is 21.7. The van der Waals surface area contributed by atoms with Crippen molar-refractivity contribution in [1.82, 2.24) is 9.97 Å². The Kier molecular flexibility index (Phi) is 4.07. The first-order chi connectivity index (χ1) is 9.18. The second-order valence-electron chi connectivity index (χ2n) is 4.03. The van der Waals surface area contributed by atoms with Crippen molar-refractivity contribution in [3.63, 3.8) is 0 Å². The molecule has 0 aliphatic heterocycles. The van der Waals surface area contributed by atoms with Crippen molar-refractivity contribution < 1.29 is 9.53 Å². The van der Waals surface area contributed by atoms with Crippen LogP contribution in [0.2, 0.25) is 0 Å². The fourth-order valence-electron chi connectivity index (χ4n) is 1.61. The Balaban J connectivity index is 2.03. The number of rotatable bonds is 4. The van der Waals surface area contributed by atoms with E-state index in [1.165, 1.54) is 4.90 Å². The zero-order chi connectivity index (χ0) is 13.7. The molecule has 1 unspecified atom stereocenters. The molecule has 19 heavy (non-hydrogen) atoms. The van der Waals surface area contributed by atoms with Gasteiger partial charge in [-0.1, -0.05) is 6.07 Å². The summed E-state index contributed by atoms with van der Waals surface area (Å²) < 4.78 is 5.54. The predicted molar refractivity (Wildman–Crippen MR) is 72.0 cm³/mol. The standard InChI is InChI=1S/C14H15N3O2/c1-11(19-12-6-5-8-15-10-12)14(18)17(2)13-7-3-4-9-16-13/h3-11H,1-2H3. The van der Waals surface area contributed by atoms with Crippen molar-refractivity contribution in [3.05, 3.63) is 48.9 Å². The maximum Gasteiger partial charge on any atom is 0.268 e. The zero-order valence-corrected chi connectivity index (χ0v) is 10.9. The number of anilines is 1. The molecule has 2 rings (SSSR count). The Morgan fingerprint density at radius 1 is 1.26 bits per heavy atom. The summed E-state index contributed by atoms with van der Waals surface area (Å²) in [6.07, 6.45) is 4.27. The van der Waals surface area contributed by atoms with Crippen LogP contribution in [0.1, 0.15) is 6.92 Å². The third kappa shape index (κ3) is 3.28. The molecule has 0 spiro atoms. The maximum atomic E-state index is 12.2. The van der Waals surface area contributed by atoms with E-state index in [0.29, 0.717) is 11.6 Å². The van der Waals surface area contributed by atoms with Crippen LogP contribution in [0, 0.1) is 0 Å². The van der Waals surface area contributed by atoms with Gasteiger partial charge in [0.25, 0.3) is 5.91 Å². The van der Waals surface area contributed by atoms with Crippen LogP contribution in [0.3, 0.4) is 0 Å². The number of hydrogen-bond donors (Lipinski definition) is 0. The Morgan fingerprint density at radius 3 is 2.74 bits per heavy atom. The Labute approximate surface area is 111 Å². The first-order valence-corrected chi connectivity index (χ1v) is 5.94. The summed E-state index contributed by atoms with van der Waals surface area (Å²) in [5.41, 5.74) is 0. The topological polar surface area (TPSA) is 55.3 Å². The SMILES string of the molecule is CC(Oc1cccnc1)C(=O)N(C)c1ccccn1. The quantitative estimate of drug-likeness (QED) is 0.839. The lowest BCUT2D eigenvalue weighted by atomic mass is 10.3. The molecule has 2 heterocycles. The van der Waals surface area contributed by atoms with Crippen LogP contribution >= 0.6 is 0 Å². The molecule has 5 heteroatoms. The summed E-state index contributed by atoms with van der Waals surface area (Å²) in [5.74, 6) is 0.995. The highest BCUT2D eigenvalue weighted by molar-refractivity contribution is 5.95. The van der Waals surface area contributed by atoms with Crippen LogP contribution in [0.5, 0.6) is 5.75 Å². The smallest absolute Gasteiger partial charge is 0.268 e. The number of likely N-dealkylation sites (N-methyl/N-ethyl adjacent to an activating group) is 1. The summed E-state index contributed by atoms with van der Waals surface area (Å²) in [6, 6.07) is 8.93. The number of hydrogen-bond acceptors (Lipinski definition) is 4. The summed E-state index contributed by atoms with van der Waals surface area (Å²) in [7, 11) is 1.67. The highest BCUT2D eigenvalue weighted by atomic mass is 16.5. The van der Waals surface area contributed by atoms with Gasteiger partial charge in [0.05, 0.1) is 6.20 Å². The van der Waals surface area contributed by atoms with Crippen LogP contribution in [0.15, 0.2) is 48.9 Å². The minimum atomic E-state index is -0.601. The first-order valence-electron chi connectivity index (χ1n) is 5.94. The number of aromatic nitrogens is 2. The van der Waals surface area contributed by atoms with Gasteiger partial charge in [0.1, 0.15) is 11.6 Å². The summed E-state index contributed by atoms with van der Waals surface area (Å²) in [6.45, 7) is 1.70. The van der Waals surface area contributed by atoms with Gasteiger partial charge in [-0.2, -0.15) is 0 Å². The lowest BCUT2D eigenvalue weighted by molar-refractivity contribution is -0.124. The highest BCUT2D eigenvalue weighted by Gasteiger charge is 2.20. The van der Waals surface area contributed by atoms with Crippen molar-refractivity contribution in [2.24, 2.45) is 0 Å². The van der Waals surface area contributed by atoms with Crippen molar-refractivity contribution in [2.45, 2.75) is 13.0 Å². The molecule has 0 fully saturated rings. The number of nitrogens with zero attached hydrogens (tertiary/aromatic N) is 3. The van der Waals surface area contributed by atoms with Crippen LogP contribution in [-0.2, 0) is 4.79 Å². The molecular weight excluding hydrogens is 242 g/mol. The van der Waals surface area contributed by atoms with Crippen molar-refractivity contribution in [3.8, 4) is 5.75 Å². The Bertz CT molecular complexity index is 531. The third-order valence-electron chi connectivity index (χ3n) is 2.62. The molecule has 1 amide bonds. The molecule has 0 bridgehead atoms. The highest BCUT2D eigenvalue weighted by Crippen LogP contribution is 2.13. The molecule has 0 aromatic carbocycles. The van der Waals surface area contributed by atoms with E-state index in [4.69, 9.17) is 4.74 Å². The van der Waals surface area contributed by atoms with Gasteiger partial charge < -0.3 is 4.74 Å². The molecule has 5 nitrogen and oxygen atoms in total. The lowest BCUT2D eigenvalue weighted by Crippen LogP contribution is -2.38. The van der Waals surface area contributed by atoms with E-state index in [9.17, 15) is 4.79 Å². The van der Waals surface area contributed by atoms with Gasteiger partial charge in [-0.3, -0.25) is 14.7 Å². The van der Waals surface area contributed by atoms with E-state index in [0.717, 1.165) is 0 Å². The van der Waals surface area contributed by atoms with Crippen LogP contribution < -0.4 is 9.64 Å². The molecule has 2 aromatic rings. The molecule has 0 aliphatic carbocycles. The average Bonchev–Trinajstić information content (AvgIpc) is 2.47. The van der Waals surface area contributed by atoms with Gasteiger partial charge in [0.15, 0.2) is 6.10 Å². The number of pyridine rings is 2. The second kappa shape index (κ2) is 5.95. The second-order valence-corrected chi connectivity index (χ2v) is 4.03. The molecule has 0 saturated heterocycles. The van der Waals surface area contributed by atoms with E-state index >= 15 is 0 Å². The zero-order valence-electron chi connectivity index (χ0n) is 10.9. The van der Waals surface area contributed by atoms with Gasteiger partial charge in [-0.05, 0) is 31.2 Å². The van der Waals surface area contributed by atoms with Crippen molar-refractivity contribution >= 4 is 11.7 Å². The monoisotopic (exact) mass is 257 g/mol. The lowest BCUT2D eigenvalue weighted by Gasteiger charge is -2.21. The van der Waals surface area contributed by atoms with Gasteiger partial charge in [-0.15, -0.1) is 0 Å². The number of ether oxygens (including phenoxy) is 1. The van der Waals surface area contributed by atoms with Crippen LogP contribution in [-0.4, -0.2) is 29.0 Å². The number of carbonyl (C=O) groups is 1. The fraction of sp³-hybridized carbons (Fsp3) is 0.214. The average molecular weight is 257 g/mol. The van der Waals surface area contributed by atoms with E-state index in [-0.39, 0.29) is 5.91 Å². The number of carbonyl (C=O) groups excluding carboxylic acids is 1. The van der Waals surface area contributed by atoms with Gasteiger partial charge in [0, 0.05) is 19.4 Å². The van der Waals surface area contributed by atoms with Crippen molar-refractivity contribution in [2.75, 3.05) is 11.9 Å². The van der Waals surface area contributed by atoms with Crippen LogP contribution in [0.4, 0.5) is 5.82 Å². The van der Waals surface area contributed by atoms with E-state index in [1.807, 2.05) is 6.07 Å².